The fourth-order valence-electron chi connectivity index (χ4n) is 2.18. The van der Waals surface area contributed by atoms with Crippen molar-refractivity contribution in [3.05, 3.63) is 35.6 Å². The Morgan fingerprint density at radius 2 is 1.89 bits per heavy atom. The van der Waals surface area contributed by atoms with E-state index < -0.39 is 5.82 Å². The average molecular weight is 264 g/mol. The van der Waals surface area contributed by atoms with Crippen LogP contribution in [-0.4, -0.2) is 54.2 Å². The van der Waals surface area contributed by atoms with E-state index >= 15 is 0 Å². The molecule has 0 bridgehead atoms. The second-order valence-corrected chi connectivity index (χ2v) is 4.72. The first-order valence-electron chi connectivity index (χ1n) is 6.33. The number of halogens is 1. The van der Waals surface area contributed by atoms with E-state index in [1.807, 2.05) is 4.90 Å². The highest BCUT2D eigenvalue weighted by Crippen LogP contribution is 2.07. The zero-order valence-corrected chi connectivity index (χ0v) is 10.9. The SMILES string of the molecule is CC(=O)N1CCN(CC(=O)c2cccc(F)c2)CC1. The summed E-state index contributed by atoms with van der Waals surface area (Å²) in [6.07, 6.45) is 0. The summed E-state index contributed by atoms with van der Waals surface area (Å²) in [5.41, 5.74) is 0.397. The van der Waals surface area contributed by atoms with Crippen molar-refractivity contribution in [3.63, 3.8) is 0 Å². The van der Waals surface area contributed by atoms with Crippen LogP contribution in [0.3, 0.4) is 0 Å². The molecule has 0 spiro atoms. The first-order chi connectivity index (χ1) is 9.06. The second-order valence-electron chi connectivity index (χ2n) is 4.72. The fourth-order valence-corrected chi connectivity index (χ4v) is 2.18. The molecule has 0 radical (unpaired) electrons. The van der Waals surface area contributed by atoms with Crippen molar-refractivity contribution in [2.75, 3.05) is 32.7 Å². The van der Waals surface area contributed by atoms with Crippen molar-refractivity contribution in [3.8, 4) is 0 Å². The number of nitrogens with zero attached hydrogens (tertiary/aromatic N) is 2. The maximum atomic E-state index is 13.0. The lowest BCUT2D eigenvalue weighted by atomic mass is 10.1. The molecule has 1 aromatic carbocycles. The van der Waals surface area contributed by atoms with Gasteiger partial charge in [0.15, 0.2) is 5.78 Å². The van der Waals surface area contributed by atoms with Gasteiger partial charge in [0.1, 0.15) is 5.82 Å². The standard InChI is InChI=1S/C14H17FN2O2/c1-11(18)17-7-5-16(6-8-17)10-14(19)12-3-2-4-13(15)9-12/h2-4,9H,5-8,10H2,1H3. The number of ketones is 1. The van der Waals surface area contributed by atoms with Crippen molar-refractivity contribution in [2.24, 2.45) is 0 Å². The minimum Gasteiger partial charge on any atom is -0.340 e. The van der Waals surface area contributed by atoms with E-state index in [0.29, 0.717) is 31.7 Å². The Morgan fingerprint density at radius 1 is 1.21 bits per heavy atom. The Kier molecular flexibility index (Phi) is 4.27. The summed E-state index contributed by atoms with van der Waals surface area (Å²) in [5, 5.41) is 0. The topological polar surface area (TPSA) is 40.6 Å². The number of benzene rings is 1. The molecule has 1 heterocycles. The molecule has 2 rings (SSSR count). The fraction of sp³-hybridized carbons (Fsp3) is 0.429. The number of hydrogen-bond donors (Lipinski definition) is 0. The van der Waals surface area contributed by atoms with Gasteiger partial charge in [-0.15, -0.1) is 0 Å². The Bertz CT molecular complexity index is 482. The zero-order chi connectivity index (χ0) is 13.8. The van der Waals surface area contributed by atoms with Gasteiger partial charge in [0, 0.05) is 38.7 Å². The molecule has 1 aliphatic heterocycles. The molecule has 1 aliphatic rings. The summed E-state index contributed by atoms with van der Waals surface area (Å²) in [6, 6.07) is 5.74. The van der Waals surface area contributed by atoms with Gasteiger partial charge in [0.2, 0.25) is 5.91 Å². The predicted octanol–water partition coefficient (Wildman–Crippen LogP) is 1.17. The van der Waals surface area contributed by atoms with Crippen molar-refractivity contribution in [2.45, 2.75) is 6.92 Å². The van der Waals surface area contributed by atoms with Gasteiger partial charge in [0.05, 0.1) is 6.54 Å². The van der Waals surface area contributed by atoms with Crippen LogP contribution in [0.25, 0.3) is 0 Å². The molecule has 0 saturated carbocycles. The molecule has 4 nitrogen and oxygen atoms in total. The van der Waals surface area contributed by atoms with Crippen LogP contribution in [0.5, 0.6) is 0 Å². The second kappa shape index (κ2) is 5.93. The maximum absolute atomic E-state index is 13.0. The van der Waals surface area contributed by atoms with E-state index in [-0.39, 0.29) is 18.2 Å². The summed E-state index contributed by atoms with van der Waals surface area (Å²) in [4.78, 5) is 26.9. The van der Waals surface area contributed by atoms with E-state index in [1.54, 1.807) is 17.9 Å². The first kappa shape index (κ1) is 13.7. The third kappa shape index (κ3) is 3.61. The first-order valence-corrected chi connectivity index (χ1v) is 6.33. The molecule has 1 amide bonds. The lowest BCUT2D eigenvalue weighted by molar-refractivity contribution is -0.130. The van der Waals surface area contributed by atoms with Crippen LogP contribution in [0, 0.1) is 5.82 Å². The van der Waals surface area contributed by atoms with Crippen molar-refractivity contribution < 1.29 is 14.0 Å². The molecule has 0 atom stereocenters. The number of carbonyl (C=O) groups is 2. The molecule has 0 aliphatic carbocycles. The molecule has 1 aromatic rings. The highest BCUT2D eigenvalue weighted by atomic mass is 19.1. The number of piperazine rings is 1. The average Bonchev–Trinajstić information content (AvgIpc) is 2.39. The van der Waals surface area contributed by atoms with Crippen LogP contribution in [0.2, 0.25) is 0 Å². The third-order valence-corrected chi connectivity index (χ3v) is 3.33. The van der Waals surface area contributed by atoms with Crippen LogP contribution in [0.1, 0.15) is 17.3 Å². The van der Waals surface area contributed by atoms with Gasteiger partial charge in [-0.2, -0.15) is 0 Å². The number of amides is 1. The maximum Gasteiger partial charge on any atom is 0.219 e. The van der Waals surface area contributed by atoms with E-state index in [9.17, 15) is 14.0 Å². The summed E-state index contributed by atoms with van der Waals surface area (Å²) in [7, 11) is 0. The number of rotatable bonds is 3. The molecule has 1 fully saturated rings. The Balaban J connectivity index is 1.89. The van der Waals surface area contributed by atoms with E-state index in [4.69, 9.17) is 0 Å². The van der Waals surface area contributed by atoms with Gasteiger partial charge in [-0.25, -0.2) is 4.39 Å². The van der Waals surface area contributed by atoms with Gasteiger partial charge in [-0.3, -0.25) is 14.5 Å². The predicted molar refractivity (Wildman–Crippen MR) is 69.4 cm³/mol. The van der Waals surface area contributed by atoms with Crippen molar-refractivity contribution in [1.82, 2.24) is 9.80 Å². The summed E-state index contributed by atoms with van der Waals surface area (Å²) < 4.78 is 13.0. The minimum absolute atomic E-state index is 0.0658. The molecule has 0 unspecified atom stereocenters. The van der Waals surface area contributed by atoms with Gasteiger partial charge in [-0.05, 0) is 12.1 Å². The van der Waals surface area contributed by atoms with Gasteiger partial charge in [-0.1, -0.05) is 12.1 Å². The monoisotopic (exact) mass is 264 g/mol. The zero-order valence-electron chi connectivity index (χ0n) is 10.9. The number of hydrogen-bond acceptors (Lipinski definition) is 3. The normalized spacial score (nSPS) is 16.4. The lowest BCUT2D eigenvalue weighted by Crippen LogP contribution is -2.49. The van der Waals surface area contributed by atoms with Crippen LogP contribution < -0.4 is 0 Å². The highest BCUT2D eigenvalue weighted by molar-refractivity contribution is 5.97. The number of carbonyl (C=O) groups excluding carboxylic acids is 2. The molecule has 1 saturated heterocycles. The molecule has 0 N–H and O–H groups in total. The molecular weight excluding hydrogens is 247 g/mol. The third-order valence-electron chi connectivity index (χ3n) is 3.33. The summed E-state index contributed by atoms with van der Waals surface area (Å²) in [6.45, 7) is 4.47. The number of Topliss-reactive ketones (excluding diaryl/α,β-unsaturated/α-hetero) is 1. The van der Waals surface area contributed by atoms with Gasteiger partial charge >= 0.3 is 0 Å². The Hall–Kier alpha value is -1.75. The minimum atomic E-state index is -0.396. The molecule has 0 aromatic heterocycles. The van der Waals surface area contributed by atoms with E-state index in [0.717, 1.165) is 0 Å². The summed E-state index contributed by atoms with van der Waals surface area (Å²) in [5.74, 6) is -0.417. The molecule has 19 heavy (non-hydrogen) atoms. The van der Waals surface area contributed by atoms with Crippen molar-refractivity contribution in [1.29, 1.82) is 0 Å². The Labute approximate surface area is 111 Å². The van der Waals surface area contributed by atoms with Crippen LogP contribution in [0.4, 0.5) is 4.39 Å². The van der Waals surface area contributed by atoms with E-state index in [2.05, 4.69) is 0 Å². The van der Waals surface area contributed by atoms with E-state index in [1.165, 1.54) is 18.2 Å². The molecule has 102 valence electrons. The smallest absolute Gasteiger partial charge is 0.219 e. The molecular formula is C14H17FN2O2. The lowest BCUT2D eigenvalue weighted by Gasteiger charge is -2.33. The largest absolute Gasteiger partial charge is 0.340 e. The summed E-state index contributed by atoms with van der Waals surface area (Å²) >= 11 is 0. The van der Waals surface area contributed by atoms with Gasteiger partial charge in [0.25, 0.3) is 0 Å². The Morgan fingerprint density at radius 3 is 2.47 bits per heavy atom. The molecule has 5 heteroatoms. The van der Waals surface area contributed by atoms with Crippen LogP contribution >= 0.6 is 0 Å². The van der Waals surface area contributed by atoms with Crippen LogP contribution in [-0.2, 0) is 4.79 Å². The van der Waals surface area contributed by atoms with Crippen LogP contribution in [0.15, 0.2) is 24.3 Å². The highest BCUT2D eigenvalue weighted by Gasteiger charge is 2.20. The van der Waals surface area contributed by atoms with Gasteiger partial charge < -0.3 is 4.90 Å². The van der Waals surface area contributed by atoms with Crippen molar-refractivity contribution >= 4 is 11.7 Å². The quantitative estimate of drug-likeness (QED) is 0.770.